The van der Waals surface area contributed by atoms with Crippen LogP contribution in [0.4, 0.5) is 0 Å². The van der Waals surface area contributed by atoms with E-state index < -0.39 is 0 Å². The largest absolute Gasteiger partial charge is 0.281 e. The fourth-order valence-electron chi connectivity index (χ4n) is 0.444. The van der Waals surface area contributed by atoms with Crippen molar-refractivity contribution in [2.45, 2.75) is 6.42 Å². The highest BCUT2D eigenvalue weighted by atomic mass is 35.5. The summed E-state index contributed by atoms with van der Waals surface area (Å²) in [6.45, 7) is 3.56. The molecule has 1 atom stereocenters. The molecular weight excluding hydrogens is 112 g/mol. The van der Waals surface area contributed by atoms with E-state index in [-0.39, 0.29) is 11.2 Å². The smallest absolute Gasteiger partial charge is 0.229 e. The Morgan fingerprint density at radius 2 is 2.43 bits per heavy atom. The molecule has 0 heterocycles. The van der Waals surface area contributed by atoms with Crippen molar-refractivity contribution in [3.63, 3.8) is 0 Å². The number of hydrogen-bond acceptors (Lipinski definition) is 1. The average Bonchev–Trinajstić information content (AvgIpc) is 2.17. The van der Waals surface area contributed by atoms with Crippen LogP contribution in [0, 0.1) is 5.92 Å². The van der Waals surface area contributed by atoms with Gasteiger partial charge < -0.3 is 0 Å². The molecule has 0 bridgehead atoms. The molecular formula is C5H5ClO. The molecule has 0 spiro atoms. The molecule has 0 aromatic carbocycles. The molecule has 0 radical (unpaired) electrons. The van der Waals surface area contributed by atoms with Crippen LogP contribution >= 0.6 is 11.6 Å². The lowest BCUT2D eigenvalue weighted by Crippen LogP contribution is -1.84. The molecule has 0 aliphatic heterocycles. The molecule has 1 nitrogen and oxygen atoms in total. The molecule has 1 aliphatic rings. The van der Waals surface area contributed by atoms with Crippen LogP contribution in [0.3, 0.4) is 0 Å². The number of hydrogen-bond donors (Lipinski definition) is 0. The molecule has 0 aromatic heterocycles. The second kappa shape index (κ2) is 1.34. The van der Waals surface area contributed by atoms with Gasteiger partial charge in [0, 0.05) is 0 Å². The van der Waals surface area contributed by atoms with Crippen molar-refractivity contribution in [3.8, 4) is 0 Å². The molecule has 0 saturated heterocycles. The van der Waals surface area contributed by atoms with Crippen LogP contribution in [-0.2, 0) is 4.79 Å². The van der Waals surface area contributed by atoms with E-state index in [0.717, 1.165) is 12.0 Å². The maximum atomic E-state index is 10.1. The minimum Gasteiger partial charge on any atom is -0.281 e. The molecule has 0 aromatic rings. The van der Waals surface area contributed by atoms with Crippen molar-refractivity contribution in [2.75, 3.05) is 0 Å². The van der Waals surface area contributed by atoms with E-state index in [4.69, 9.17) is 11.6 Å². The number of allylic oxidation sites excluding steroid dienone is 1. The first-order valence-electron chi connectivity index (χ1n) is 2.09. The van der Waals surface area contributed by atoms with Crippen molar-refractivity contribution < 1.29 is 4.79 Å². The van der Waals surface area contributed by atoms with E-state index in [1.807, 2.05) is 0 Å². The molecule has 0 N–H and O–H groups in total. The zero-order chi connectivity index (χ0) is 5.44. The Morgan fingerprint density at radius 3 is 2.43 bits per heavy atom. The van der Waals surface area contributed by atoms with Gasteiger partial charge in [0.1, 0.15) is 0 Å². The first kappa shape index (κ1) is 4.85. The molecule has 1 rings (SSSR count). The normalized spacial score (nSPS) is 27.6. The van der Waals surface area contributed by atoms with E-state index >= 15 is 0 Å². The second-order valence-corrected chi connectivity index (χ2v) is 2.09. The number of carbonyl (C=O) groups is 1. The fourth-order valence-corrected chi connectivity index (χ4v) is 0.675. The van der Waals surface area contributed by atoms with Crippen LogP contribution < -0.4 is 0 Å². The summed E-state index contributed by atoms with van der Waals surface area (Å²) < 4.78 is 0. The molecule has 7 heavy (non-hydrogen) atoms. The highest BCUT2D eigenvalue weighted by Gasteiger charge is 2.33. The molecule has 38 valence electrons. The van der Waals surface area contributed by atoms with Crippen LogP contribution in [0.15, 0.2) is 12.2 Å². The van der Waals surface area contributed by atoms with Gasteiger partial charge in [0.2, 0.25) is 5.24 Å². The van der Waals surface area contributed by atoms with Gasteiger partial charge in [-0.1, -0.05) is 12.2 Å². The van der Waals surface area contributed by atoms with Gasteiger partial charge in [-0.3, -0.25) is 4.79 Å². The Kier molecular flexibility index (Phi) is 0.927. The third kappa shape index (κ3) is 0.829. The van der Waals surface area contributed by atoms with Crippen LogP contribution in [0.1, 0.15) is 6.42 Å². The highest BCUT2D eigenvalue weighted by molar-refractivity contribution is 6.64. The van der Waals surface area contributed by atoms with Crippen molar-refractivity contribution in [1.82, 2.24) is 0 Å². The van der Waals surface area contributed by atoms with Gasteiger partial charge in [0.05, 0.1) is 5.92 Å². The van der Waals surface area contributed by atoms with E-state index in [9.17, 15) is 4.79 Å². The third-order valence-electron chi connectivity index (χ3n) is 1.07. The van der Waals surface area contributed by atoms with Gasteiger partial charge >= 0.3 is 0 Å². The lowest BCUT2D eigenvalue weighted by atomic mass is 10.5. The minimum atomic E-state index is -0.259. The Bertz CT molecular complexity index is 128. The Morgan fingerprint density at radius 1 is 2.00 bits per heavy atom. The average molecular weight is 117 g/mol. The van der Waals surface area contributed by atoms with Crippen LogP contribution in [0.2, 0.25) is 0 Å². The molecule has 1 unspecified atom stereocenters. The third-order valence-corrected chi connectivity index (χ3v) is 1.34. The lowest BCUT2D eigenvalue weighted by molar-refractivity contribution is -0.112. The second-order valence-electron chi connectivity index (χ2n) is 1.72. The Labute approximate surface area is 47.0 Å². The summed E-state index contributed by atoms with van der Waals surface area (Å²) in [6.07, 6.45) is 0.808. The summed E-state index contributed by atoms with van der Waals surface area (Å²) in [7, 11) is 0. The fraction of sp³-hybridized carbons (Fsp3) is 0.400. The summed E-state index contributed by atoms with van der Waals surface area (Å²) in [5.41, 5.74) is 0.972. The minimum absolute atomic E-state index is 0.00154. The van der Waals surface area contributed by atoms with Gasteiger partial charge in [0.15, 0.2) is 0 Å². The van der Waals surface area contributed by atoms with Gasteiger partial charge in [-0.15, -0.1) is 0 Å². The molecule has 2 heteroatoms. The number of carbonyl (C=O) groups excluding carboxylic acids is 1. The van der Waals surface area contributed by atoms with Crippen LogP contribution in [-0.4, -0.2) is 5.24 Å². The zero-order valence-electron chi connectivity index (χ0n) is 3.78. The van der Waals surface area contributed by atoms with E-state index in [1.165, 1.54) is 0 Å². The monoisotopic (exact) mass is 116 g/mol. The lowest BCUT2D eigenvalue weighted by Gasteiger charge is -1.73. The topological polar surface area (TPSA) is 17.1 Å². The SMILES string of the molecule is C=C1CC1C(=O)Cl. The van der Waals surface area contributed by atoms with Gasteiger partial charge in [0.25, 0.3) is 0 Å². The van der Waals surface area contributed by atoms with Gasteiger partial charge in [-0.2, -0.15) is 0 Å². The summed E-state index contributed by atoms with van der Waals surface area (Å²) in [5, 5.41) is -0.259. The molecule has 1 saturated carbocycles. The zero-order valence-corrected chi connectivity index (χ0v) is 4.53. The van der Waals surface area contributed by atoms with Crippen molar-refractivity contribution in [3.05, 3.63) is 12.2 Å². The first-order valence-corrected chi connectivity index (χ1v) is 2.46. The van der Waals surface area contributed by atoms with E-state index in [0.29, 0.717) is 0 Å². The van der Waals surface area contributed by atoms with Crippen molar-refractivity contribution >= 4 is 16.8 Å². The predicted octanol–water partition coefficient (Wildman–Crippen LogP) is 1.33. The van der Waals surface area contributed by atoms with Crippen molar-refractivity contribution in [2.24, 2.45) is 5.92 Å². The molecule has 1 aliphatic carbocycles. The van der Waals surface area contributed by atoms with Crippen molar-refractivity contribution in [1.29, 1.82) is 0 Å². The predicted molar refractivity (Wildman–Crippen MR) is 28.1 cm³/mol. The summed E-state index contributed by atoms with van der Waals surface area (Å²) in [5.74, 6) is 0.00154. The van der Waals surface area contributed by atoms with E-state index in [2.05, 4.69) is 6.58 Å². The van der Waals surface area contributed by atoms with Gasteiger partial charge in [-0.05, 0) is 18.0 Å². The maximum Gasteiger partial charge on any atom is 0.229 e. The van der Waals surface area contributed by atoms with Gasteiger partial charge in [-0.25, -0.2) is 0 Å². The summed E-state index contributed by atoms with van der Waals surface area (Å²) >= 11 is 5.07. The number of rotatable bonds is 1. The first-order chi connectivity index (χ1) is 3.22. The summed E-state index contributed by atoms with van der Waals surface area (Å²) in [6, 6.07) is 0. The number of halogens is 1. The Hall–Kier alpha value is -0.300. The molecule has 0 amide bonds. The maximum absolute atomic E-state index is 10.1. The molecule has 1 fully saturated rings. The Balaban J connectivity index is 2.48. The quantitative estimate of drug-likeness (QED) is 0.373. The highest BCUT2D eigenvalue weighted by Crippen LogP contribution is 2.37. The van der Waals surface area contributed by atoms with E-state index in [1.54, 1.807) is 0 Å². The summed E-state index contributed by atoms with van der Waals surface area (Å²) in [4.78, 5) is 10.1. The van der Waals surface area contributed by atoms with Crippen LogP contribution in [0.5, 0.6) is 0 Å². The van der Waals surface area contributed by atoms with Crippen LogP contribution in [0.25, 0.3) is 0 Å². The standard InChI is InChI=1S/C5H5ClO/c1-3-2-4(3)5(6)7/h4H,1-2H2.